The van der Waals surface area contributed by atoms with E-state index in [0.717, 1.165) is 11.5 Å². The highest BCUT2D eigenvalue weighted by Crippen LogP contribution is 2.24. The van der Waals surface area contributed by atoms with Crippen LogP contribution in [0.2, 0.25) is 0 Å². The molecule has 0 aliphatic carbocycles. The van der Waals surface area contributed by atoms with Gasteiger partial charge in [-0.3, -0.25) is 0 Å². The van der Waals surface area contributed by atoms with Crippen LogP contribution in [0.5, 0.6) is 0 Å². The Bertz CT molecular complexity index is 236. The van der Waals surface area contributed by atoms with Crippen LogP contribution < -0.4 is 0 Å². The average molecular weight is 171 g/mol. The summed E-state index contributed by atoms with van der Waals surface area (Å²) in [7, 11) is 0. The van der Waals surface area contributed by atoms with Crippen LogP contribution in [0.4, 0.5) is 0 Å². The third-order valence-corrected chi connectivity index (χ3v) is 1.78. The third kappa shape index (κ3) is 1.77. The monoisotopic (exact) mass is 171 g/mol. The molecule has 0 amide bonds. The molecule has 0 bridgehead atoms. The number of nitrogens with zero attached hydrogens (tertiary/aromatic N) is 1. The van der Waals surface area contributed by atoms with E-state index in [0.29, 0.717) is 5.75 Å². The number of hydrogen-bond acceptors (Lipinski definition) is 3. The third-order valence-electron chi connectivity index (χ3n) is 1.49. The molecule has 1 aromatic heterocycles. The van der Waals surface area contributed by atoms with Crippen LogP contribution in [-0.4, -0.2) is 4.98 Å². The Morgan fingerprint density at radius 2 is 2.18 bits per heavy atom. The number of thiol groups is 1. The first-order chi connectivity index (χ1) is 5.05. The fraction of sp³-hybridized carbons (Fsp3) is 0.625. The molecular formula is C8H13NOS. The minimum Gasteiger partial charge on any atom is -0.447 e. The summed E-state index contributed by atoms with van der Waals surface area (Å²) in [6, 6.07) is 0. The van der Waals surface area contributed by atoms with Gasteiger partial charge < -0.3 is 4.42 Å². The topological polar surface area (TPSA) is 26.0 Å². The molecule has 0 aliphatic heterocycles. The summed E-state index contributed by atoms with van der Waals surface area (Å²) >= 11 is 4.14. The van der Waals surface area contributed by atoms with E-state index >= 15 is 0 Å². The van der Waals surface area contributed by atoms with Gasteiger partial charge in [-0.25, -0.2) is 4.98 Å². The highest BCUT2D eigenvalue weighted by molar-refractivity contribution is 7.79. The van der Waals surface area contributed by atoms with E-state index in [2.05, 4.69) is 38.4 Å². The van der Waals surface area contributed by atoms with Crippen molar-refractivity contribution in [3.8, 4) is 0 Å². The van der Waals surface area contributed by atoms with E-state index < -0.39 is 0 Å². The van der Waals surface area contributed by atoms with Gasteiger partial charge in [0.2, 0.25) is 0 Å². The zero-order chi connectivity index (χ0) is 8.48. The van der Waals surface area contributed by atoms with E-state index in [1.54, 1.807) is 0 Å². The molecule has 1 heterocycles. The number of hydrogen-bond donors (Lipinski definition) is 1. The Kier molecular flexibility index (Phi) is 2.28. The van der Waals surface area contributed by atoms with Crippen molar-refractivity contribution < 1.29 is 4.42 Å². The normalized spacial score (nSPS) is 12.0. The maximum Gasteiger partial charge on any atom is 0.181 e. The van der Waals surface area contributed by atoms with E-state index in [4.69, 9.17) is 4.42 Å². The van der Waals surface area contributed by atoms with Gasteiger partial charge in [-0.15, -0.1) is 0 Å². The number of rotatable bonds is 1. The molecule has 1 aromatic rings. The molecule has 0 unspecified atom stereocenters. The second-order valence-corrected chi connectivity index (χ2v) is 3.85. The lowest BCUT2D eigenvalue weighted by Crippen LogP contribution is -2.13. The minimum atomic E-state index is 0.0606. The van der Waals surface area contributed by atoms with Crippen LogP contribution in [0, 0.1) is 0 Å². The van der Waals surface area contributed by atoms with Crippen molar-refractivity contribution in [1.29, 1.82) is 0 Å². The van der Waals surface area contributed by atoms with Crippen molar-refractivity contribution in [2.24, 2.45) is 0 Å². The van der Waals surface area contributed by atoms with Crippen molar-refractivity contribution in [2.75, 3.05) is 0 Å². The molecule has 0 spiro atoms. The van der Waals surface area contributed by atoms with Gasteiger partial charge in [-0.2, -0.15) is 12.6 Å². The van der Waals surface area contributed by atoms with E-state index in [9.17, 15) is 0 Å². The van der Waals surface area contributed by atoms with Gasteiger partial charge >= 0.3 is 0 Å². The molecule has 0 atom stereocenters. The average Bonchev–Trinajstić information content (AvgIpc) is 2.31. The van der Waals surface area contributed by atoms with Gasteiger partial charge in [-0.05, 0) is 0 Å². The van der Waals surface area contributed by atoms with Crippen LogP contribution in [-0.2, 0) is 11.2 Å². The summed E-state index contributed by atoms with van der Waals surface area (Å²) in [4.78, 5) is 4.14. The molecular weight excluding hydrogens is 158 g/mol. The lowest BCUT2D eigenvalue weighted by atomic mass is 9.91. The fourth-order valence-corrected chi connectivity index (χ4v) is 1.22. The standard InChI is InChI=1S/C8H13NOS/c1-8(2,3)7-6(4-11)10-5-9-7/h5,11H,4H2,1-3H3. The zero-order valence-electron chi connectivity index (χ0n) is 7.09. The first-order valence-electron chi connectivity index (χ1n) is 3.59. The highest BCUT2D eigenvalue weighted by atomic mass is 32.1. The maximum absolute atomic E-state index is 5.15. The molecule has 0 aromatic carbocycles. The summed E-state index contributed by atoms with van der Waals surface area (Å²) in [5.41, 5.74) is 1.07. The van der Waals surface area contributed by atoms with Crippen molar-refractivity contribution in [3.05, 3.63) is 17.8 Å². The Morgan fingerprint density at radius 3 is 2.55 bits per heavy atom. The van der Waals surface area contributed by atoms with Crippen LogP contribution >= 0.6 is 12.6 Å². The Morgan fingerprint density at radius 1 is 1.55 bits per heavy atom. The second kappa shape index (κ2) is 2.89. The molecule has 0 fully saturated rings. The Balaban J connectivity index is 3.02. The largest absolute Gasteiger partial charge is 0.447 e. The predicted octanol–water partition coefficient (Wildman–Crippen LogP) is 2.40. The summed E-state index contributed by atoms with van der Waals surface area (Å²) in [5, 5.41) is 0. The fourth-order valence-electron chi connectivity index (χ4n) is 0.995. The molecule has 11 heavy (non-hydrogen) atoms. The smallest absolute Gasteiger partial charge is 0.181 e. The van der Waals surface area contributed by atoms with Crippen LogP contribution in [0.25, 0.3) is 0 Å². The first kappa shape index (κ1) is 8.65. The first-order valence-corrected chi connectivity index (χ1v) is 4.22. The van der Waals surface area contributed by atoms with Crippen molar-refractivity contribution >= 4 is 12.6 Å². The van der Waals surface area contributed by atoms with Crippen molar-refractivity contribution in [1.82, 2.24) is 4.98 Å². The van der Waals surface area contributed by atoms with E-state index in [-0.39, 0.29) is 5.41 Å². The quantitative estimate of drug-likeness (QED) is 0.657. The summed E-state index contributed by atoms with van der Waals surface area (Å²) in [6.07, 6.45) is 1.48. The van der Waals surface area contributed by atoms with Crippen LogP contribution in [0.3, 0.4) is 0 Å². The summed E-state index contributed by atoms with van der Waals surface area (Å²) in [5.74, 6) is 1.49. The predicted molar refractivity (Wildman–Crippen MR) is 47.9 cm³/mol. The van der Waals surface area contributed by atoms with Gasteiger partial charge in [0.15, 0.2) is 6.39 Å². The van der Waals surface area contributed by atoms with Crippen molar-refractivity contribution in [2.45, 2.75) is 31.9 Å². The molecule has 0 saturated carbocycles. The van der Waals surface area contributed by atoms with E-state index in [1.807, 2.05) is 0 Å². The molecule has 0 N–H and O–H groups in total. The number of aromatic nitrogens is 1. The summed E-state index contributed by atoms with van der Waals surface area (Å²) in [6.45, 7) is 6.33. The molecule has 2 nitrogen and oxygen atoms in total. The number of oxazole rings is 1. The zero-order valence-corrected chi connectivity index (χ0v) is 7.98. The van der Waals surface area contributed by atoms with Crippen LogP contribution in [0.1, 0.15) is 32.2 Å². The van der Waals surface area contributed by atoms with Gasteiger partial charge in [0.25, 0.3) is 0 Å². The van der Waals surface area contributed by atoms with Gasteiger partial charge in [0, 0.05) is 5.41 Å². The van der Waals surface area contributed by atoms with Gasteiger partial charge in [0.1, 0.15) is 5.76 Å². The molecule has 1 rings (SSSR count). The second-order valence-electron chi connectivity index (χ2n) is 3.53. The Hall–Kier alpha value is -0.440. The maximum atomic E-state index is 5.15. The summed E-state index contributed by atoms with van der Waals surface area (Å²) < 4.78 is 5.15. The lowest BCUT2D eigenvalue weighted by molar-refractivity contribution is 0.503. The molecule has 3 heteroatoms. The Labute approximate surface area is 72.4 Å². The van der Waals surface area contributed by atoms with E-state index in [1.165, 1.54) is 6.39 Å². The molecule has 0 saturated heterocycles. The molecule has 0 radical (unpaired) electrons. The van der Waals surface area contributed by atoms with Gasteiger partial charge in [-0.1, -0.05) is 20.8 Å². The van der Waals surface area contributed by atoms with Crippen molar-refractivity contribution in [3.63, 3.8) is 0 Å². The lowest BCUT2D eigenvalue weighted by Gasteiger charge is -2.15. The molecule has 62 valence electrons. The SMILES string of the molecule is CC(C)(C)c1ncoc1CS. The van der Waals surface area contributed by atoms with Crippen LogP contribution in [0.15, 0.2) is 10.8 Å². The molecule has 0 aliphatic rings. The highest BCUT2D eigenvalue weighted by Gasteiger charge is 2.21. The minimum absolute atomic E-state index is 0.0606. The van der Waals surface area contributed by atoms with Gasteiger partial charge in [0.05, 0.1) is 11.4 Å².